The number of hydrogen-bond acceptors (Lipinski definition) is 3. The van der Waals surface area contributed by atoms with E-state index in [4.69, 9.17) is 0 Å². The molecule has 2 rings (SSSR count). The molecule has 4 nitrogen and oxygen atoms in total. The molecule has 0 unspecified atom stereocenters. The molecule has 1 aromatic heterocycles. The van der Waals surface area contributed by atoms with Gasteiger partial charge in [-0.15, -0.1) is 11.8 Å². The molecule has 0 spiro atoms. The molecule has 98 valence electrons. The molecule has 0 saturated carbocycles. The molecule has 1 atom stereocenters. The van der Waals surface area contributed by atoms with Gasteiger partial charge in [-0.2, -0.15) is 0 Å². The van der Waals surface area contributed by atoms with Crippen LogP contribution < -0.4 is 5.56 Å². The van der Waals surface area contributed by atoms with Gasteiger partial charge >= 0.3 is 0 Å². The second-order valence-electron chi connectivity index (χ2n) is 4.48. The molecule has 1 fully saturated rings. The lowest BCUT2D eigenvalue weighted by atomic mass is 10.2. The number of aryl methyl sites for hydroxylation is 1. The molecule has 5 heteroatoms. The number of amides is 1. The van der Waals surface area contributed by atoms with Crippen molar-refractivity contribution >= 4 is 17.7 Å². The van der Waals surface area contributed by atoms with Crippen molar-refractivity contribution in [1.29, 1.82) is 0 Å². The number of rotatable bonds is 3. The Bertz CT molecular complexity index is 498. The van der Waals surface area contributed by atoms with Crippen molar-refractivity contribution in [1.82, 2.24) is 9.47 Å². The number of thioether (sulfide) groups is 1. The summed E-state index contributed by atoms with van der Waals surface area (Å²) < 4.78 is 1.47. The first-order valence-corrected chi connectivity index (χ1v) is 7.27. The van der Waals surface area contributed by atoms with E-state index in [0.29, 0.717) is 5.56 Å². The van der Waals surface area contributed by atoms with Crippen molar-refractivity contribution in [2.45, 2.75) is 25.1 Å². The Morgan fingerprint density at radius 3 is 3.00 bits per heavy atom. The van der Waals surface area contributed by atoms with Gasteiger partial charge in [0.15, 0.2) is 0 Å². The Hall–Kier alpha value is -1.23. The van der Waals surface area contributed by atoms with Gasteiger partial charge in [0.25, 0.3) is 11.5 Å². The molecule has 1 aliphatic heterocycles. The third-order valence-corrected chi connectivity index (χ3v) is 4.43. The zero-order valence-electron chi connectivity index (χ0n) is 10.8. The summed E-state index contributed by atoms with van der Waals surface area (Å²) in [5, 5.41) is 0.270. The average molecular weight is 266 g/mol. The van der Waals surface area contributed by atoms with Crippen LogP contribution in [0.5, 0.6) is 0 Å². The van der Waals surface area contributed by atoms with E-state index in [1.165, 1.54) is 10.6 Å². The normalized spacial score (nSPS) is 19.2. The molecular weight excluding hydrogens is 248 g/mol. The van der Waals surface area contributed by atoms with Crippen molar-refractivity contribution in [3.63, 3.8) is 0 Å². The van der Waals surface area contributed by atoms with E-state index in [1.54, 1.807) is 19.3 Å². The molecule has 2 heterocycles. The number of carbonyl (C=O) groups excluding carboxylic acids is 1. The fourth-order valence-electron chi connectivity index (χ4n) is 2.09. The fourth-order valence-corrected chi connectivity index (χ4v) is 3.44. The van der Waals surface area contributed by atoms with Crippen molar-refractivity contribution in [2.75, 3.05) is 12.3 Å². The van der Waals surface area contributed by atoms with Gasteiger partial charge < -0.3 is 9.47 Å². The third kappa shape index (κ3) is 2.61. The SMILES string of the molecule is CCC[C@H]1SCCN1C(=O)c1ccn(C)c(=O)c1. The summed E-state index contributed by atoms with van der Waals surface area (Å²) in [7, 11) is 1.68. The topological polar surface area (TPSA) is 42.3 Å². The van der Waals surface area contributed by atoms with Crippen molar-refractivity contribution < 1.29 is 4.79 Å². The van der Waals surface area contributed by atoms with Crippen LogP contribution >= 0.6 is 11.8 Å². The molecule has 1 aromatic rings. The number of carbonyl (C=O) groups is 1. The lowest BCUT2D eigenvalue weighted by Gasteiger charge is -2.23. The number of hydrogen-bond donors (Lipinski definition) is 0. The van der Waals surface area contributed by atoms with Crippen molar-refractivity contribution in [2.24, 2.45) is 7.05 Å². The van der Waals surface area contributed by atoms with Gasteiger partial charge in [0.1, 0.15) is 0 Å². The minimum absolute atomic E-state index is 0.0175. The van der Waals surface area contributed by atoms with Gasteiger partial charge in [-0.05, 0) is 12.5 Å². The third-order valence-electron chi connectivity index (χ3n) is 3.14. The number of pyridine rings is 1. The Labute approximate surface area is 111 Å². The molecule has 0 radical (unpaired) electrons. The number of nitrogens with zero attached hydrogens (tertiary/aromatic N) is 2. The molecule has 0 aromatic carbocycles. The van der Waals surface area contributed by atoms with Crippen LogP contribution in [0.2, 0.25) is 0 Å². The smallest absolute Gasteiger partial charge is 0.255 e. The predicted octanol–water partition coefficient (Wildman–Crippen LogP) is 1.70. The molecule has 18 heavy (non-hydrogen) atoms. The van der Waals surface area contributed by atoms with E-state index in [0.717, 1.165) is 25.1 Å². The van der Waals surface area contributed by atoms with Gasteiger partial charge in [0.05, 0.1) is 5.37 Å². The Morgan fingerprint density at radius 2 is 2.33 bits per heavy atom. The highest BCUT2D eigenvalue weighted by molar-refractivity contribution is 8.00. The molecule has 1 saturated heterocycles. The highest BCUT2D eigenvalue weighted by atomic mass is 32.2. The maximum Gasteiger partial charge on any atom is 0.255 e. The summed E-state index contributed by atoms with van der Waals surface area (Å²) in [6.45, 7) is 2.91. The summed E-state index contributed by atoms with van der Waals surface area (Å²) in [5.41, 5.74) is 0.362. The highest BCUT2D eigenvalue weighted by Gasteiger charge is 2.29. The monoisotopic (exact) mass is 266 g/mol. The Morgan fingerprint density at radius 1 is 1.56 bits per heavy atom. The molecule has 1 aliphatic rings. The molecule has 0 N–H and O–H groups in total. The van der Waals surface area contributed by atoms with Gasteiger partial charge in [-0.1, -0.05) is 13.3 Å². The quantitative estimate of drug-likeness (QED) is 0.836. The molecule has 0 bridgehead atoms. The van der Waals surface area contributed by atoms with Crippen LogP contribution in [0.25, 0.3) is 0 Å². The van der Waals surface area contributed by atoms with E-state index < -0.39 is 0 Å². The van der Waals surface area contributed by atoms with E-state index in [-0.39, 0.29) is 16.8 Å². The van der Waals surface area contributed by atoms with Crippen LogP contribution in [0.4, 0.5) is 0 Å². The van der Waals surface area contributed by atoms with E-state index in [1.807, 2.05) is 16.7 Å². The average Bonchev–Trinajstić information content (AvgIpc) is 2.80. The summed E-state index contributed by atoms with van der Waals surface area (Å²) in [6, 6.07) is 3.14. The zero-order chi connectivity index (χ0) is 13.1. The first-order valence-electron chi connectivity index (χ1n) is 6.22. The first-order chi connectivity index (χ1) is 8.63. The van der Waals surface area contributed by atoms with Crippen LogP contribution in [0.3, 0.4) is 0 Å². The van der Waals surface area contributed by atoms with Crippen molar-refractivity contribution in [3.05, 3.63) is 34.2 Å². The zero-order valence-corrected chi connectivity index (χ0v) is 11.6. The Kier molecular flexibility index (Phi) is 4.11. The van der Waals surface area contributed by atoms with Gasteiger partial charge in [0, 0.05) is 37.2 Å². The van der Waals surface area contributed by atoms with Crippen LogP contribution in [-0.2, 0) is 7.05 Å². The van der Waals surface area contributed by atoms with Gasteiger partial charge in [-0.3, -0.25) is 9.59 Å². The predicted molar refractivity (Wildman–Crippen MR) is 73.9 cm³/mol. The molecule has 1 amide bonds. The lowest BCUT2D eigenvalue weighted by Crippen LogP contribution is -2.35. The number of aromatic nitrogens is 1. The lowest BCUT2D eigenvalue weighted by molar-refractivity contribution is 0.0756. The van der Waals surface area contributed by atoms with Crippen molar-refractivity contribution in [3.8, 4) is 0 Å². The Balaban J connectivity index is 2.20. The first kappa shape index (κ1) is 13.2. The second-order valence-corrected chi connectivity index (χ2v) is 5.76. The van der Waals surface area contributed by atoms with Crippen LogP contribution in [0, 0.1) is 0 Å². The van der Waals surface area contributed by atoms with E-state index >= 15 is 0 Å². The van der Waals surface area contributed by atoms with Crippen LogP contribution in [0.1, 0.15) is 30.1 Å². The highest BCUT2D eigenvalue weighted by Crippen LogP contribution is 2.28. The second kappa shape index (κ2) is 5.61. The van der Waals surface area contributed by atoms with Crippen LogP contribution in [-0.4, -0.2) is 33.0 Å². The summed E-state index contributed by atoms with van der Waals surface area (Å²) in [6.07, 6.45) is 3.73. The summed E-state index contributed by atoms with van der Waals surface area (Å²) in [4.78, 5) is 25.8. The van der Waals surface area contributed by atoms with E-state index in [9.17, 15) is 9.59 Å². The fraction of sp³-hybridized carbons (Fsp3) is 0.538. The summed E-state index contributed by atoms with van der Waals surface area (Å²) >= 11 is 1.83. The maximum atomic E-state index is 12.4. The largest absolute Gasteiger partial charge is 0.326 e. The minimum atomic E-state index is -0.139. The van der Waals surface area contributed by atoms with Gasteiger partial charge in [0.2, 0.25) is 0 Å². The molecular formula is C13H18N2O2S. The molecule has 0 aliphatic carbocycles. The minimum Gasteiger partial charge on any atom is -0.326 e. The summed E-state index contributed by atoms with van der Waals surface area (Å²) in [5.74, 6) is 0.970. The standard InChI is InChI=1S/C13H18N2O2S/c1-3-4-12-15(7-8-18-12)13(17)10-5-6-14(2)11(16)9-10/h5-6,9,12H,3-4,7-8H2,1-2H3/t12-/m1/s1. The van der Waals surface area contributed by atoms with Crippen LogP contribution in [0.15, 0.2) is 23.1 Å². The van der Waals surface area contributed by atoms with E-state index in [2.05, 4.69) is 6.92 Å². The van der Waals surface area contributed by atoms with Gasteiger partial charge in [-0.25, -0.2) is 0 Å². The maximum absolute atomic E-state index is 12.4.